The molecule has 3 unspecified atom stereocenters. The molecule has 0 radical (unpaired) electrons. The number of fused-ring (bicyclic) bond motifs is 1. The van der Waals surface area contributed by atoms with Crippen molar-refractivity contribution in [2.75, 3.05) is 30.5 Å². The van der Waals surface area contributed by atoms with Gasteiger partial charge in [-0.1, -0.05) is 24.3 Å². The standard InChI is InChI=1S/C24H31N3OS/c1-17-3-2-4-21(13-17)29(28)27-12-9-20-14-19(5-6-24(20)27)22-15-23(22)26-16-18-7-10-25-11-8-18/h2-6,13-14,18,22-23,25-26H,7-12,15-16H2,1H3. The quantitative estimate of drug-likeness (QED) is 0.767. The zero-order valence-electron chi connectivity index (χ0n) is 17.2. The molecule has 0 aromatic heterocycles. The van der Waals surface area contributed by atoms with Gasteiger partial charge in [0.15, 0.2) is 11.0 Å². The highest BCUT2D eigenvalue weighted by Gasteiger charge is 2.39. The third kappa shape index (κ3) is 4.14. The second-order valence-electron chi connectivity index (χ2n) is 8.86. The number of hydrogen-bond donors (Lipinski definition) is 2. The van der Waals surface area contributed by atoms with Crippen LogP contribution in [0.15, 0.2) is 47.4 Å². The fourth-order valence-corrected chi connectivity index (χ4v) is 6.19. The lowest BCUT2D eigenvalue weighted by atomic mass is 9.98. The van der Waals surface area contributed by atoms with Gasteiger partial charge < -0.3 is 10.6 Å². The first-order valence-corrected chi connectivity index (χ1v) is 12.1. The third-order valence-corrected chi connectivity index (χ3v) is 8.13. The fraction of sp³-hybridized carbons (Fsp3) is 0.500. The van der Waals surface area contributed by atoms with Gasteiger partial charge in [-0.2, -0.15) is 0 Å². The zero-order chi connectivity index (χ0) is 19.8. The Balaban J connectivity index is 1.23. The topological polar surface area (TPSA) is 44.4 Å². The first-order valence-electron chi connectivity index (χ1n) is 11.0. The van der Waals surface area contributed by atoms with Crippen LogP contribution in [0.5, 0.6) is 0 Å². The van der Waals surface area contributed by atoms with Crippen LogP contribution in [0.3, 0.4) is 0 Å². The maximum Gasteiger partial charge on any atom is 0.152 e. The van der Waals surface area contributed by atoms with Crippen LogP contribution < -0.4 is 14.9 Å². The van der Waals surface area contributed by atoms with Gasteiger partial charge in [0.1, 0.15) is 0 Å². The Kier molecular flexibility index (Phi) is 5.46. The summed E-state index contributed by atoms with van der Waals surface area (Å²) in [6.45, 7) is 6.39. The molecule has 1 saturated heterocycles. The molecule has 3 aliphatic rings. The lowest BCUT2D eigenvalue weighted by molar-refractivity contribution is 0.355. The normalized spacial score (nSPS) is 25.1. The van der Waals surface area contributed by atoms with Crippen molar-refractivity contribution >= 4 is 16.7 Å². The molecule has 154 valence electrons. The van der Waals surface area contributed by atoms with Gasteiger partial charge in [-0.3, -0.25) is 4.31 Å². The van der Waals surface area contributed by atoms with E-state index in [1.54, 1.807) is 0 Å². The van der Waals surface area contributed by atoms with Gasteiger partial charge in [-0.05, 0) is 93.0 Å². The van der Waals surface area contributed by atoms with Gasteiger partial charge in [0.05, 0.1) is 10.6 Å². The van der Waals surface area contributed by atoms with Gasteiger partial charge in [0, 0.05) is 18.5 Å². The molecular weight excluding hydrogens is 378 g/mol. The van der Waals surface area contributed by atoms with Crippen LogP contribution in [0, 0.1) is 12.8 Å². The number of aryl methyl sites for hydroxylation is 1. The van der Waals surface area contributed by atoms with Crippen LogP contribution in [0.1, 0.15) is 41.9 Å². The van der Waals surface area contributed by atoms with E-state index in [4.69, 9.17) is 0 Å². The third-order valence-electron chi connectivity index (χ3n) is 6.69. The van der Waals surface area contributed by atoms with E-state index in [0.29, 0.717) is 12.0 Å². The van der Waals surface area contributed by atoms with E-state index in [-0.39, 0.29) is 0 Å². The van der Waals surface area contributed by atoms with Gasteiger partial charge in [-0.15, -0.1) is 0 Å². The molecule has 1 saturated carbocycles. The molecule has 5 heteroatoms. The molecule has 1 aliphatic carbocycles. The Morgan fingerprint density at radius 2 is 2.03 bits per heavy atom. The number of piperidine rings is 1. The Labute approximate surface area is 176 Å². The molecule has 3 atom stereocenters. The van der Waals surface area contributed by atoms with Crippen molar-refractivity contribution < 1.29 is 4.21 Å². The van der Waals surface area contributed by atoms with Crippen LogP contribution in [-0.4, -0.2) is 36.4 Å². The summed E-state index contributed by atoms with van der Waals surface area (Å²) in [7, 11) is -1.13. The summed E-state index contributed by atoms with van der Waals surface area (Å²) in [5.74, 6) is 1.49. The van der Waals surface area contributed by atoms with Crippen molar-refractivity contribution in [3.63, 3.8) is 0 Å². The predicted molar refractivity (Wildman–Crippen MR) is 120 cm³/mol. The number of anilines is 1. The number of rotatable bonds is 6. The molecule has 5 rings (SSSR count). The molecule has 0 bridgehead atoms. The monoisotopic (exact) mass is 409 g/mol. The van der Waals surface area contributed by atoms with E-state index in [0.717, 1.165) is 41.6 Å². The average molecular weight is 410 g/mol. The zero-order valence-corrected chi connectivity index (χ0v) is 18.0. The highest BCUT2D eigenvalue weighted by atomic mass is 32.2. The van der Waals surface area contributed by atoms with Crippen molar-refractivity contribution in [2.24, 2.45) is 5.92 Å². The summed E-state index contributed by atoms with van der Waals surface area (Å²) in [6.07, 6.45) is 4.84. The van der Waals surface area contributed by atoms with E-state index < -0.39 is 11.0 Å². The fourth-order valence-electron chi connectivity index (χ4n) is 4.84. The van der Waals surface area contributed by atoms with Gasteiger partial charge in [0.25, 0.3) is 0 Å². The Morgan fingerprint density at radius 1 is 1.17 bits per heavy atom. The van der Waals surface area contributed by atoms with Crippen LogP contribution in [0.4, 0.5) is 5.69 Å². The number of nitrogens with one attached hydrogen (secondary N) is 2. The smallest absolute Gasteiger partial charge is 0.152 e. The lowest BCUT2D eigenvalue weighted by Gasteiger charge is -2.23. The largest absolute Gasteiger partial charge is 0.317 e. The van der Waals surface area contributed by atoms with Crippen LogP contribution in [0.25, 0.3) is 0 Å². The summed E-state index contributed by atoms with van der Waals surface area (Å²) in [4.78, 5) is 0.895. The summed E-state index contributed by atoms with van der Waals surface area (Å²) in [6, 6.07) is 15.5. The minimum absolute atomic E-state index is 0.641. The van der Waals surface area contributed by atoms with Crippen LogP contribution >= 0.6 is 0 Å². The molecular formula is C24H31N3OS. The van der Waals surface area contributed by atoms with Crippen molar-refractivity contribution in [3.05, 3.63) is 59.2 Å². The van der Waals surface area contributed by atoms with Crippen molar-refractivity contribution in [1.29, 1.82) is 0 Å². The molecule has 2 aliphatic heterocycles. The Bertz CT molecular complexity index is 909. The highest BCUT2D eigenvalue weighted by Crippen LogP contribution is 2.43. The number of benzene rings is 2. The van der Waals surface area contributed by atoms with E-state index in [1.807, 2.05) is 18.2 Å². The molecule has 2 aromatic rings. The Morgan fingerprint density at radius 3 is 2.86 bits per heavy atom. The van der Waals surface area contributed by atoms with E-state index in [2.05, 4.69) is 46.1 Å². The van der Waals surface area contributed by atoms with Gasteiger partial charge in [0.2, 0.25) is 0 Å². The minimum atomic E-state index is -1.13. The molecule has 4 nitrogen and oxygen atoms in total. The van der Waals surface area contributed by atoms with Crippen molar-refractivity contribution in [3.8, 4) is 0 Å². The summed E-state index contributed by atoms with van der Waals surface area (Å²) in [5.41, 5.74) is 5.11. The molecule has 2 fully saturated rings. The van der Waals surface area contributed by atoms with E-state index >= 15 is 0 Å². The first-order chi connectivity index (χ1) is 14.2. The molecule has 29 heavy (non-hydrogen) atoms. The van der Waals surface area contributed by atoms with Gasteiger partial charge >= 0.3 is 0 Å². The van der Waals surface area contributed by atoms with Crippen LogP contribution in [-0.2, 0) is 17.4 Å². The molecule has 2 heterocycles. The summed E-state index contributed by atoms with van der Waals surface area (Å²) >= 11 is 0. The second kappa shape index (κ2) is 8.21. The van der Waals surface area contributed by atoms with Crippen molar-refractivity contribution in [2.45, 2.75) is 49.5 Å². The SMILES string of the molecule is Cc1cccc(S(=O)N2CCc3cc(C4CC4NCC4CCNCC4)ccc32)c1. The number of hydrogen-bond acceptors (Lipinski definition) is 3. The molecule has 0 amide bonds. The molecule has 2 N–H and O–H groups in total. The predicted octanol–water partition coefficient (Wildman–Crippen LogP) is 3.53. The second-order valence-corrected chi connectivity index (χ2v) is 10.3. The highest BCUT2D eigenvalue weighted by molar-refractivity contribution is 7.86. The lowest BCUT2D eigenvalue weighted by Crippen LogP contribution is -2.34. The maximum atomic E-state index is 13.1. The van der Waals surface area contributed by atoms with E-state index in [1.165, 1.54) is 43.5 Å². The average Bonchev–Trinajstić information content (AvgIpc) is 3.41. The van der Waals surface area contributed by atoms with E-state index in [9.17, 15) is 4.21 Å². The molecule has 2 aromatic carbocycles. The van der Waals surface area contributed by atoms with Crippen molar-refractivity contribution in [1.82, 2.24) is 10.6 Å². The minimum Gasteiger partial charge on any atom is -0.317 e. The maximum absolute atomic E-state index is 13.1. The molecule has 0 spiro atoms. The first kappa shape index (κ1) is 19.3. The summed E-state index contributed by atoms with van der Waals surface area (Å²) < 4.78 is 15.2. The van der Waals surface area contributed by atoms with Gasteiger partial charge in [-0.25, -0.2) is 4.21 Å². The number of nitrogens with zero attached hydrogens (tertiary/aromatic N) is 1. The summed E-state index contributed by atoms with van der Waals surface area (Å²) in [5, 5.41) is 7.26. The Hall–Kier alpha value is -1.69. The van der Waals surface area contributed by atoms with Crippen LogP contribution in [0.2, 0.25) is 0 Å².